The Morgan fingerprint density at radius 1 is 1.16 bits per heavy atom. The van der Waals surface area contributed by atoms with Crippen molar-refractivity contribution in [1.82, 2.24) is 14.9 Å². The van der Waals surface area contributed by atoms with Crippen LogP contribution in [0.2, 0.25) is 0 Å². The number of benzene rings is 2. The number of aromatic nitrogens is 2. The second kappa shape index (κ2) is 9.29. The van der Waals surface area contributed by atoms with Gasteiger partial charge in [-0.15, -0.1) is 0 Å². The monoisotopic (exact) mass is 419 g/mol. The van der Waals surface area contributed by atoms with E-state index in [0.29, 0.717) is 47.7 Å². The van der Waals surface area contributed by atoms with Gasteiger partial charge in [0.15, 0.2) is 0 Å². The number of hydrogen-bond acceptors (Lipinski definition) is 7. The van der Waals surface area contributed by atoms with Crippen LogP contribution in [-0.4, -0.2) is 59.4 Å². The molecule has 9 heteroatoms. The van der Waals surface area contributed by atoms with Gasteiger partial charge in [0, 0.05) is 44.0 Å². The van der Waals surface area contributed by atoms with E-state index in [0.717, 1.165) is 19.2 Å². The normalized spacial score (nSPS) is 14.6. The first-order chi connectivity index (χ1) is 15.2. The molecule has 0 spiro atoms. The van der Waals surface area contributed by atoms with Gasteiger partial charge in [0.05, 0.1) is 23.0 Å². The van der Waals surface area contributed by atoms with E-state index in [9.17, 15) is 9.18 Å². The molecule has 1 aliphatic rings. The summed E-state index contributed by atoms with van der Waals surface area (Å²) >= 11 is 0. The van der Waals surface area contributed by atoms with Crippen molar-refractivity contribution >= 4 is 40.9 Å². The molecule has 2 aromatic carbocycles. The first-order valence-corrected chi connectivity index (χ1v) is 9.99. The van der Waals surface area contributed by atoms with Crippen LogP contribution in [0.3, 0.4) is 0 Å². The number of carbonyl (C=O) groups excluding carboxylic acids is 1. The zero-order chi connectivity index (χ0) is 21.6. The fraction of sp³-hybridized carbons (Fsp3) is 0.227. The number of hydrazone groups is 1. The second-order valence-corrected chi connectivity index (χ2v) is 7.11. The lowest BCUT2D eigenvalue weighted by molar-refractivity contribution is 0.0768. The van der Waals surface area contributed by atoms with Gasteiger partial charge < -0.3 is 15.2 Å². The topological polar surface area (TPSA) is 97.6 Å². The highest BCUT2D eigenvalue weighted by Crippen LogP contribution is 2.21. The summed E-state index contributed by atoms with van der Waals surface area (Å²) in [5.41, 5.74) is 4.63. The quantitative estimate of drug-likeness (QED) is 0.489. The molecular formula is C22H22FN7O. The molecule has 1 aliphatic heterocycles. The van der Waals surface area contributed by atoms with Gasteiger partial charge in [-0.3, -0.25) is 10.2 Å². The first-order valence-electron chi connectivity index (χ1n) is 9.99. The minimum atomic E-state index is -0.314. The number of amides is 1. The van der Waals surface area contributed by atoms with Crippen molar-refractivity contribution in [2.75, 3.05) is 36.5 Å². The first kappa shape index (κ1) is 20.4. The molecule has 0 unspecified atom stereocenters. The lowest BCUT2D eigenvalue weighted by Gasteiger charge is -2.23. The third-order valence-corrected chi connectivity index (χ3v) is 5.09. The molecule has 0 atom stereocenters. The fourth-order valence-corrected chi connectivity index (χ4v) is 3.55. The Morgan fingerprint density at radius 3 is 2.90 bits per heavy atom. The Balaban J connectivity index is 1.48. The summed E-state index contributed by atoms with van der Waals surface area (Å²) in [5.74, 6) is 0.187. The Morgan fingerprint density at radius 2 is 2.03 bits per heavy atom. The van der Waals surface area contributed by atoms with Crippen molar-refractivity contribution in [1.29, 1.82) is 5.41 Å². The summed E-state index contributed by atoms with van der Waals surface area (Å²) in [5, 5.41) is 11.6. The number of para-hydroxylation sites is 1. The molecule has 3 aromatic rings. The van der Waals surface area contributed by atoms with Crippen LogP contribution in [0.15, 0.2) is 53.8 Å². The molecule has 1 saturated heterocycles. The molecule has 0 aliphatic carbocycles. The molecule has 1 amide bonds. The molecular weight excluding hydrogens is 397 g/mol. The number of halogens is 1. The van der Waals surface area contributed by atoms with Crippen molar-refractivity contribution in [2.24, 2.45) is 5.10 Å². The maximum atomic E-state index is 13.4. The number of nitrogens with zero attached hydrogens (tertiary/aromatic N) is 5. The van der Waals surface area contributed by atoms with Crippen molar-refractivity contribution < 1.29 is 9.18 Å². The van der Waals surface area contributed by atoms with E-state index in [1.807, 2.05) is 17.0 Å². The van der Waals surface area contributed by atoms with Crippen molar-refractivity contribution in [3.05, 3.63) is 60.0 Å². The summed E-state index contributed by atoms with van der Waals surface area (Å²) in [6, 6.07) is 11.6. The fourth-order valence-electron chi connectivity index (χ4n) is 3.55. The van der Waals surface area contributed by atoms with Gasteiger partial charge in [-0.05, 0) is 36.8 Å². The molecule has 8 nitrogen and oxygen atoms in total. The average molecular weight is 419 g/mol. The molecule has 2 N–H and O–H groups in total. The van der Waals surface area contributed by atoms with Crippen LogP contribution in [0.1, 0.15) is 16.8 Å². The van der Waals surface area contributed by atoms with Crippen LogP contribution >= 0.6 is 0 Å². The van der Waals surface area contributed by atoms with E-state index < -0.39 is 0 Å². The number of carbonyl (C=O) groups is 1. The Labute approximate surface area is 178 Å². The third-order valence-electron chi connectivity index (χ3n) is 5.09. The maximum Gasteiger partial charge on any atom is 0.256 e. The van der Waals surface area contributed by atoms with Crippen molar-refractivity contribution in [3.8, 4) is 0 Å². The lowest BCUT2D eigenvalue weighted by Crippen LogP contribution is -2.35. The van der Waals surface area contributed by atoms with E-state index in [-0.39, 0.29) is 11.7 Å². The average Bonchev–Trinajstić information content (AvgIpc) is 3.05. The van der Waals surface area contributed by atoms with Gasteiger partial charge in [0.2, 0.25) is 5.95 Å². The Kier molecular flexibility index (Phi) is 6.11. The van der Waals surface area contributed by atoms with Crippen molar-refractivity contribution in [3.63, 3.8) is 0 Å². The van der Waals surface area contributed by atoms with Crippen LogP contribution in [0.25, 0.3) is 10.9 Å². The van der Waals surface area contributed by atoms with Gasteiger partial charge >= 0.3 is 0 Å². The summed E-state index contributed by atoms with van der Waals surface area (Å²) in [4.78, 5) is 26.0. The van der Waals surface area contributed by atoms with E-state index in [4.69, 9.17) is 5.41 Å². The Hall–Kier alpha value is -3.88. The van der Waals surface area contributed by atoms with Crippen LogP contribution < -0.4 is 10.3 Å². The second-order valence-electron chi connectivity index (χ2n) is 7.11. The third kappa shape index (κ3) is 4.66. The standard InChI is InChI=1S/C22H22FN7O/c23-17-6-7-19-16(14-17)15-25-22(27-19)30-11-3-10-29(12-13-30)21(31)18-4-1-2-5-20(18)28-26-9-8-24/h1-2,4-9,14-15,24,28H,3,10-13H2/b24-8?,26-9-. The number of hydrogen-bond donors (Lipinski definition) is 2. The van der Waals surface area contributed by atoms with E-state index in [2.05, 4.69) is 25.4 Å². The highest BCUT2D eigenvalue weighted by Gasteiger charge is 2.23. The van der Waals surface area contributed by atoms with E-state index in [1.165, 1.54) is 18.3 Å². The van der Waals surface area contributed by atoms with Gasteiger partial charge in [0.1, 0.15) is 5.82 Å². The minimum absolute atomic E-state index is 0.0788. The van der Waals surface area contributed by atoms with Gasteiger partial charge in [-0.2, -0.15) is 5.10 Å². The summed E-state index contributed by atoms with van der Waals surface area (Å²) in [6.07, 6.45) is 4.78. The SMILES string of the molecule is N=C/C=N\Nc1ccccc1C(=O)N1CCCN(c2ncc3cc(F)ccc3n2)CC1. The molecule has 1 fully saturated rings. The highest BCUT2D eigenvalue weighted by molar-refractivity contribution is 6.14. The molecule has 0 radical (unpaired) electrons. The molecule has 4 rings (SSSR count). The smallest absolute Gasteiger partial charge is 0.256 e. The van der Waals surface area contributed by atoms with Crippen molar-refractivity contribution in [2.45, 2.75) is 6.42 Å². The number of nitrogens with one attached hydrogen (secondary N) is 2. The van der Waals surface area contributed by atoms with E-state index >= 15 is 0 Å². The van der Waals surface area contributed by atoms with Crippen LogP contribution in [0.5, 0.6) is 0 Å². The molecule has 1 aromatic heterocycles. The zero-order valence-corrected chi connectivity index (χ0v) is 16.8. The van der Waals surface area contributed by atoms with Gasteiger partial charge in [0.25, 0.3) is 5.91 Å². The van der Waals surface area contributed by atoms with Crippen LogP contribution in [0.4, 0.5) is 16.0 Å². The molecule has 0 bridgehead atoms. The molecule has 0 saturated carbocycles. The molecule has 31 heavy (non-hydrogen) atoms. The van der Waals surface area contributed by atoms with Crippen LogP contribution in [0, 0.1) is 11.2 Å². The zero-order valence-electron chi connectivity index (χ0n) is 16.8. The van der Waals surface area contributed by atoms with E-state index in [1.54, 1.807) is 24.4 Å². The predicted molar refractivity (Wildman–Crippen MR) is 120 cm³/mol. The minimum Gasteiger partial charge on any atom is -0.339 e. The largest absolute Gasteiger partial charge is 0.339 e. The van der Waals surface area contributed by atoms with Gasteiger partial charge in [-0.25, -0.2) is 14.4 Å². The number of anilines is 2. The summed E-state index contributed by atoms with van der Waals surface area (Å²) in [7, 11) is 0. The molecule has 2 heterocycles. The lowest BCUT2D eigenvalue weighted by atomic mass is 10.1. The number of fused-ring (bicyclic) bond motifs is 1. The molecule has 158 valence electrons. The van der Waals surface area contributed by atoms with Crippen LogP contribution in [-0.2, 0) is 0 Å². The summed E-state index contributed by atoms with van der Waals surface area (Å²) in [6.45, 7) is 2.47. The predicted octanol–water partition coefficient (Wildman–Crippen LogP) is 3.17. The Bertz CT molecular complexity index is 1130. The highest BCUT2D eigenvalue weighted by atomic mass is 19.1. The maximum absolute atomic E-state index is 13.4. The number of rotatable bonds is 5. The summed E-state index contributed by atoms with van der Waals surface area (Å²) < 4.78 is 13.4. The van der Waals surface area contributed by atoms with Gasteiger partial charge in [-0.1, -0.05) is 12.1 Å².